The smallest absolute Gasteiger partial charge is 0.303 e. The molecule has 1 aromatic heterocycles. The first-order valence-electron chi connectivity index (χ1n) is 11.8. The number of halogens is 2. The van der Waals surface area contributed by atoms with E-state index in [-0.39, 0.29) is 18.7 Å². The first kappa shape index (κ1) is 25.1. The minimum atomic E-state index is -1.03. The maximum atomic E-state index is 13.2. The number of hydrogen-bond donors (Lipinski definition) is 1. The van der Waals surface area contributed by atoms with Gasteiger partial charge >= 0.3 is 5.97 Å². The molecule has 0 fully saturated rings. The van der Waals surface area contributed by atoms with Gasteiger partial charge in [0.15, 0.2) is 0 Å². The van der Waals surface area contributed by atoms with Crippen molar-refractivity contribution in [2.75, 3.05) is 0 Å². The zero-order chi connectivity index (χ0) is 26.1. The van der Waals surface area contributed by atoms with Gasteiger partial charge in [-0.05, 0) is 42.3 Å². The van der Waals surface area contributed by atoms with Crippen LogP contribution in [0.5, 0.6) is 0 Å². The zero-order valence-corrected chi connectivity index (χ0v) is 22.3. The molecule has 4 aromatic rings. The number of carbonyl (C=O) groups excluding carboxylic acids is 1. The van der Waals surface area contributed by atoms with Gasteiger partial charge in [0.05, 0.1) is 23.7 Å². The predicted molar refractivity (Wildman–Crippen MR) is 149 cm³/mol. The molecule has 186 valence electrons. The number of carboxylic acids is 1. The predicted octanol–water partition coefficient (Wildman–Crippen LogP) is 7.17. The number of amides is 1. The lowest BCUT2D eigenvalue weighted by Gasteiger charge is -2.22. The van der Waals surface area contributed by atoms with E-state index in [9.17, 15) is 9.59 Å². The third kappa shape index (κ3) is 5.02. The fraction of sp³-hybridized carbons (Fsp3) is 0.172. The molecule has 37 heavy (non-hydrogen) atoms. The van der Waals surface area contributed by atoms with Crippen molar-refractivity contribution in [3.63, 3.8) is 0 Å². The van der Waals surface area contributed by atoms with Crippen LogP contribution in [0.25, 0.3) is 22.0 Å². The summed E-state index contributed by atoms with van der Waals surface area (Å²) in [5.74, 6) is -1.39. The highest BCUT2D eigenvalue weighted by Gasteiger charge is 2.36. The van der Waals surface area contributed by atoms with Crippen molar-refractivity contribution in [1.29, 1.82) is 0 Å². The van der Waals surface area contributed by atoms with Crippen molar-refractivity contribution >= 4 is 56.0 Å². The number of hydrogen-bond acceptors (Lipinski definition) is 4. The van der Waals surface area contributed by atoms with Crippen LogP contribution >= 0.6 is 27.5 Å². The van der Waals surface area contributed by atoms with Crippen LogP contribution in [-0.2, 0) is 9.59 Å². The van der Waals surface area contributed by atoms with E-state index in [1.165, 1.54) is 5.01 Å². The molecule has 1 aliphatic rings. The minimum absolute atomic E-state index is 0.152. The van der Waals surface area contributed by atoms with Gasteiger partial charge in [-0.15, -0.1) is 0 Å². The van der Waals surface area contributed by atoms with Gasteiger partial charge in [-0.2, -0.15) is 5.10 Å². The molecule has 0 radical (unpaired) electrons. The van der Waals surface area contributed by atoms with Crippen LogP contribution in [0.15, 0.2) is 82.4 Å². The number of aromatic nitrogens is 1. The molecule has 1 amide bonds. The van der Waals surface area contributed by atoms with Gasteiger partial charge in [0.25, 0.3) is 0 Å². The molecule has 8 heteroatoms. The van der Waals surface area contributed by atoms with Gasteiger partial charge in [0, 0.05) is 44.5 Å². The molecule has 0 saturated carbocycles. The standard InChI is InChI=1S/C29H23BrClN3O3/c1-17-28(29(18-7-3-2-4-8-18)21-15-19(30)11-12-23(21)32-17)24-16-25(20-9-5-6-10-22(20)31)34(33-24)26(35)13-14-27(36)37/h2-12,15,25H,13-14,16H2,1H3,(H,36,37)/t25-/m0/s1. The first-order valence-corrected chi connectivity index (χ1v) is 13.0. The van der Waals surface area contributed by atoms with Crippen molar-refractivity contribution in [2.24, 2.45) is 5.10 Å². The topological polar surface area (TPSA) is 82.9 Å². The number of pyridine rings is 1. The van der Waals surface area contributed by atoms with Crippen molar-refractivity contribution in [2.45, 2.75) is 32.2 Å². The summed E-state index contributed by atoms with van der Waals surface area (Å²) in [6.45, 7) is 1.95. The van der Waals surface area contributed by atoms with Gasteiger partial charge in [0.1, 0.15) is 0 Å². The monoisotopic (exact) mass is 575 g/mol. The third-order valence-electron chi connectivity index (χ3n) is 6.46. The fourth-order valence-corrected chi connectivity index (χ4v) is 5.45. The Labute approximate surface area is 227 Å². The zero-order valence-electron chi connectivity index (χ0n) is 20.0. The molecule has 0 saturated heterocycles. The van der Waals surface area contributed by atoms with Crippen molar-refractivity contribution in [1.82, 2.24) is 9.99 Å². The average Bonchev–Trinajstić information content (AvgIpc) is 3.32. The van der Waals surface area contributed by atoms with Crippen molar-refractivity contribution in [3.05, 3.63) is 99.1 Å². The molecule has 1 aliphatic heterocycles. The van der Waals surface area contributed by atoms with E-state index >= 15 is 0 Å². The number of aryl methyl sites for hydroxylation is 1. The molecule has 3 aromatic carbocycles. The Morgan fingerprint density at radius 1 is 1.03 bits per heavy atom. The number of benzene rings is 3. The lowest BCUT2D eigenvalue weighted by Crippen LogP contribution is -2.27. The Morgan fingerprint density at radius 2 is 1.76 bits per heavy atom. The van der Waals surface area contributed by atoms with Gasteiger partial charge in [-0.25, -0.2) is 5.01 Å². The van der Waals surface area contributed by atoms with E-state index in [1.807, 2.05) is 61.5 Å². The number of aliphatic carboxylic acids is 1. The van der Waals surface area contributed by atoms with Crippen molar-refractivity contribution < 1.29 is 14.7 Å². The highest BCUT2D eigenvalue weighted by Crippen LogP contribution is 2.41. The van der Waals surface area contributed by atoms with E-state index in [4.69, 9.17) is 26.8 Å². The molecule has 6 nitrogen and oxygen atoms in total. The quantitative estimate of drug-likeness (QED) is 0.264. The van der Waals surface area contributed by atoms with Gasteiger partial charge in [0.2, 0.25) is 5.91 Å². The number of nitrogens with zero attached hydrogens (tertiary/aromatic N) is 3. The number of rotatable bonds is 6. The van der Waals surface area contributed by atoms with Crippen molar-refractivity contribution in [3.8, 4) is 11.1 Å². The molecule has 0 aliphatic carbocycles. The maximum absolute atomic E-state index is 13.2. The van der Waals surface area contributed by atoms with Gasteiger partial charge in [-0.1, -0.05) is 76.1 Å². The van der Waals surface area contributed by atoms with Crippen LogP contribution in [0, 0.1) is 6.92 Å². The summed E-state index contributed by atoms with van der Waals surface area (Å²) in [5, 5.41) is 16.8. The Hall–Kier alpha value is -3.55. The molecular formula is C29H23BrClN3O3. The lowest BCUT2D eigenvalue weighted by atomic mass is 9.89. The summed E-state index contributed by atoms with van der Waals surface area (Å²) < 4.78 is 0.932. The molecule has 0 spiro atoms. The number of fused-ring (bicyclic) bond motifs is 1. The molecular weight excluding hydrogens is 554 g/mol. The summed E-state index contributed by atoms with van der Waals surface area (Å²) >= 11 is 10.1. The Kier molecular flexibility index (Phi) is 7.09. The Bertz CT molecular complexity index is 1560. The van der Waals surface area contributed by atoms with Gasteiger partial charge < -0.3 is 5.11 Å². The van der Waals surface area contributed by atoms with E-state index in [0.29, 0.717) is 17.2 Å². The SMILES string of the molecule is Cc1nc2ccc(Br)cc2c(-c2ccccc2)c1C1=NN(C(=O)CCC(=O)O)[C@H](c2ccccc2Cl)C1. The van der Waals surface area contributed by atoms with Crippen LogP contribution in [-0.4, -0.2) is 32.7 Å². The lowest BCUT2D eigenvalue weighted by molar-refractivity contribution is -0.141. The minimum Gasteiger partial charge on any atom is -0.481 e. The molecule has 1 atom stereocenters. The van der Waals surface area contributed by atoms with Crippen LogP contribution < -0.4 is 0 Å². The molecule has 5 rings (SSSR count). The normalized spacial score (nSPS) is 15.2. The van der Waals surface area contributed by atoms with E-state index in [0.717, 1.165) is 43.3 Å². The number of hydrazone groups is 1. The van der Waals surface area contributed by atoms with E-state index in [2.05, 4.69) is 28.1 Å². The van der Waals surface area contributed by atoms with E-state index < -0.39 is 12.0 Å². The Morgan fingerprint density at radius 3 is 2.49 bits per heavy atom. The van der Waals surface area contributed by atoms with Crippen LogP contribution in [0.2, 0.25) is 5.02 Å². The maximum Gasteiger partial charge on any atom is 0.303 e. The van der Waals surface area contributed by atoms with Crippen LogP contribution in [0.4, 0.5) is 0 Å². The highest BCUT2D eigenvalue weighted by atomic mass is 79.9. The molecule has 2 heterocycles. The van der Waals surface area contributed by atoms with Crippen LogP contribution in [0.1, 0.15) is 42.1 Å². The largest absolute Gasteiger partial charge is 0.481 e. The molecule has 0 unspecified atom stereocenters. The number of carbonyl (C=O) groups is 2. The second kappa shape index (κ2) is 10.4. The second-order valence-corrected chi connectivity index (χ2v) is 10.2. The summed E-state index contributed by atoms with van der Waals surface area (Å²) in [7, 11) is 0. The Balaban J connectivity index is 1.70. The highest BCUT2D eigenvalue weighted by molar-refractivity contribution is 9.10. The van der Waals surface area contributed by atoms with Crippen LogP contribution in [0.3, 0.4) is 0 Å². The molecule has 1 N–H and O–H groups in total. The summed E-state index contributed by atoms with van der Waals surface area (Å²) in [6, 6.07) is 23.0. The first-order chi connectivity index (χ1) is 17.8. The summed E-state index contributed by atoms with van der Waals surface area (Å²) in [4.78, 5) is 29.3. The molecule has 0 bridgehead atoms. The third-order valence-corrected chi connectivity index (χ3v) is 7.30. The summed E-state index contributed by atoms with van der Waals surface area (Å²) in [5.41, 5.74) is 5.99. The van der Waals surface area contributed by atoms with Gasteiger partial charge in [-0.3, -0.25) is 14.6 Å². The fourth-order valence-electron chi connectivity index (χ4n) is 4.82. The average molecular weight is 577 g/mol. The number of carboxylic acid groups (broad SMARTS) is 1. The summed E-state index contributed by atoms with van der Waals surface area (Å²) in [6.07, 6.45) is 0.000193. The van der Waals surface area contributed by atoms with E-state index in [1.54, 1.807) is 6.07 Å². The second-order valence-electron chi connectivity index (χ2n) is 8.89.